The van der Waals surface area contributed by atoms with Crippen molar-refractivity contribution in [3.63, 3.8) is 0 Å². The first-order valence-electron chi connectivity index (χ1n) is 17.6. The van der Waals surface area contributed by atoms with Gasteiger partial charge in [-0.15, -0.1) is 0 Å². The number of anilines is 1. The largest absolute Gasteiger partial charge is 0.478 e. The number of carbonyl (C=O) groups excluding carboxylic acids is 2. The normalized spacial score (nSPS) is 13.5. The topological polar surface area (TPSA) is 221 Å². The van der Waals surface area contributed by atoms with Gasteiger partial charge < -0.3 is 31.9 Å². The van der Waals surface area contributed by atoms with Crippen LogP contribution in [0.25, 0.3) is 0 Å². The van der Waals surface area contributed by atoms with E-state index in [4.69, 9.17) is 16.1 Å². The summed E-state index contributed by atoms with van der Waals surface area (Å²) in [7, 11) is -4.01. The number of rotatable bonds is 19. The molecule has 0 saturated heterocycles. The fourth-order valence-electron chi connectivity index (χ4n) is 5.27. The van der Waals surface area contributed by atoms with Crippen molar-refractivity contribution in [1.82, 2.24) is 20.3 Å². The number of halogens is 1. The standard InChI is InChI=1S/C35H48FN5O5S.C4H6O4/c1-24(2)22-41(47(45,46)29-16-14-28(37)15-17-29)23-31(42)30(19-25-10-7-6-8-11-25)39-34(44)33(35(3,4)5)40-32(43)21-38-20-26-12-9-13-27(36)18-26;5-4(6)2-1-3-8-7/h6-18,24,30-31,33,38,42H,19-23,37H2,1-5H3,(H,39,44)(H,40,43);1-2,7H,3H2,(H,5,6)/b;2-1+/t30-,31+,33+;/m0./s1. The Morgan fingerprint density at radius 3 is 2.15 bits per heavy atom. The minimum absolute atomic E-state index is 0.0460. The lowest BCUT2D eigenvalue weighted by atomic mass is 9.85. The number of aliphatic hydroxyl groups is 1. The van der Waals surface area contributed by atoms with Gasteiger partial charge in [0.05, 0.1) is 23.6 Å². The highest BCUT2D eigenvalue weighted by Crippen LogP contribution is 2.22. The molecule has 3 atom stereocenters. The SMILES string of the molecule is CC(C)CN(C[C@@H](O)[C@H](Cc1ccccc1)NC(=O)[C@@H](NC(=O)CNCc1cccc(F)c1)C(C)(C)C)S(=O)(=O)c1ccc(N)cc1.O=C(O)/C=C/COO. The second kappa shape index (κ2) is 22.6. The predicted octanol–water partition coefficient (Wildman–Crippen LogP) is 3.58. The summed E-state index contributed by atoms with van der Waals surface area (Å²) in [6.07, 6.45) is 0.981. The van der Waals surface area contributed by atoms with Gasteiger partial charge in [-0.05, 0) is 71.4 Å². The van der Waals surface area contributed by atoms with Crippen LogP contribution < -0.4 is 21.7 Å². The van der Waals surface area contributed by atoms with Gasteiger partial charge in [0, 0.05) is 31.4 Å². The molecule has 0 aliphatic heterocycles. The van der Waals surface area contributed by atoms with Crippen molar-refractivity contribution in [2.24, 2.45) is 11.3 Å². The number of aliphatic carboxylic acids is 1. The first-order chi connectivity index (χ1) is 25.8. The Morgan fingerprint density at radius 1 is 0.945 bits per heavy atom. The van der Waals surface area contributed by atoms with Crippen molar-refractivity contribution >= 4 is 33.5 Å². The summed E-state index contributed by atoms with van der Waals surface area (Å²) in [5.74, 6) is -2.44. The van der Waals surface area contributed by atoms with Crippen LogP contribution in [0.15, 0.2) is 95.9 Å². The molecule has 0 spiro atoms. The van der Waals surface area contributed by atoms with Gasteiger partial charge in [0.1, 0.15) is 18.5 Å². The van der Waals surface area contributed by atoms with Crippen LogP contribution >= 0.6 is 0 Å². The molecule has 0 fully saturated rings. The first-order valence-corrected chi connectivity index (χ1v) is 19.1. The molecule has 0 saturated carbocycles. The summed E-state index contributed by atoms with van der Waals surface area (Å²) in [6.45, 7) is 9.10. The molecule has 0 aliphatic carbocycles. The molecule has 0 unspecified atom stereocenters. The zero-order valence-corrected chi connectivity index (χ0v) is 32.6. The lowest BCUT2D eigenvalue weighted by molar-refractivity contribution is -0.231. The Labute approximate surface area is 322 Å². The zero-order valence-electron chi connectivity index (χ0n) is 31.8. The first kappa shape index (κ1) is 46.4. The van der Waals surface area contributed by atoms with Crippen molar-refractivity contribution in [2.75, 3.05) is 32.0 Å². The number of benzene rings is 3. The van der Waals surface area contributed by atoms with Crippen molar-refractivity contribution in [2.45, 2.75) is 70.7 Å². The highest BCUT2D eigenvalue weighted by Gasteiger charge is 2.36. The molecule has 0 aliphatic rings. The van der Waals surface area contributed by atoms with Crippen LogP contribution in [-0.2, 0) is 42.3 Å². The second-order valence-corrected chi connectivity index (χ2v) is 16.2. The van der Waals surface area contributed by atoms with Crippen LogP contribution in [0.3, 0.4) is 0 Å². The van der Waals surface area contributed by atoms with Crippen LogP contribution in [0.2, 0.25) is 0 Å². The number of sulfonamides is 1. The van der Waals surface area contributed by atoms with Crippen molar-refractivity contribution in [1.29, 1.82) is 0 Å². The van der Waals surface area contributed by atoms with Gasteiger partial charge in [0.2, 0.25) is 21.8 Å². The van der Waals surface area contributed by atoms with Gasteiger partial charge >= 0.3 is 5.97 Å². The number of hydrogen-bond acceptors (Lipinski definition) is 10. The van der Waals surface area contributed by atoms with Crippen LogP contribution in [0.1, 0.15) is 45.7 Å². The third kappa shape index (κ3) is 17.1. The van der Waals surface area contributed by atoms with E-state index in [0.29, 0.717) is 11.3 Å². The number of hydrogen-bond donors (Lipinski definition) is 7. The number of carboxylic acid groups (broad SMARTS) is 1. The Hall–Kier alpha value is -4.71. The summed E-state index contributed by atoms with van der Waals surface area (Å²) in [5, 5.41) is 35.8. The quantitative estimate of drug-likeness (QED) is 0.0403. The molecule has 0 heterocycles. The van der Waals surface area contributed by atoms with E-state index in [1.807, 2.05) is 65.0 Å². The van der Waals surface area contributed by atoms with Crippen LogP contribution in [0.5, 0.6) is 0 Å². The van der Waals surface area contributed by atoms with Gasteiger partial charge in [0.15, 0.2) is 0 Å². The van der Waals surface area contributed by atoms with E-state index in [2.05, 4.69) is 20.8 Å². The van der Waals surface area contributed by atoms with E-state index in [-0.39, 0.29) is 55.8 Å². The summed E-state index contributed by atoms with van der Waals surface area (Å²) in [6, 6.07) is 19.3. The molecule has 0 radical (unpaired) electrons. The number of aliphatic hydroxyl groups excluding tert-OH is 1. The van der Waals surface area contributed by atoms with E-state index in [1.165, 1.54) is 46.8 Å². The molecule has 3 aromatic rings. The number of nitrogen functional groups attached to an aromatic ring is 1. The molecule has 16 heteroatoms. The number of nitrogens with two attached hydrogens (primary N) is 1. The fraction of sp³-hybridized carbons (Fsp3) is 0.410. The Morgan fingerprint density at radius 2 is 1.58 bits per heavy atom. The van der Waals surface area contributed by atoms with E-state index in [1.54, 1.807) is 12.1 Å². The molecular weight excluding hydrogens is 734 g/mol. The van der Waals surface area contributed by atoms with Gasteiger partial charge in [0.25, 0.3) is 0 Å². The monoisotopic (exact) mass is 787 g/mol. The van der Waals surface area contributed by atoms with Crippen LogP contribution in [-0.4, -0.2) is 90.4 Å². The van der Waals surface area contributed by atoms with E-state index in [0.717, 1.165) is 11.6 Å². The molecule has 14 nitrogen and oxygen atoms in total. The van der Waals surface area contributed by atoms with Crippen molar-refractivity contribution in [3.8, 4) is 0 Å². The van der Waals surface area contributed by atoms with Gasteiger partial charge in [-0.1, -0.05) is 77.1 Å². The maximum atomic E-state index is 13.8. The summed E-state index contributed by atoms with van der Waals surface area (Å²) in [5.41, 5.74) is 6.98. The maximum Gasteiger partial charge on any atom is 0.328 e. The maximum absolute atomic E-state index is 13.8. The number of amides is 2. The predicted molar refractivity (Wildman–Crippen MR) is 207 cm³/mol. The van der Waals surface area contributed by atoms with E-state index in [9.17, 15) is 32.3 Å². The molecule has 0 aromatic heterocycles. The minimum Gasteiger partial charge on any atom is -0.478 e. The highest BCUT2D eigenvalue weighted by atomic mass is 32.2. The second-order valence-electron chi connectivity index (χ2n) is 14.3. The van der Waals surface area contributed by atoms with Gasteiger partial charge in [-0.2, -0.15) is 4.31 Å². The van der Waals surface area contributed by atoms with Crippen LogP contribution in [0, 0.1) is 17.2 Å². The third-order valence-corrected chi connectivity index (χ3v) is 9.78. The Bertz CT molecular complexity index is 1790. The van der Waals surface area contributed by atoms with Crippen molar-refractivity contribution in [3.05, 3.63) is 108 Å². The molecule has 0 bridgehead atoms. The number of nitrogens with zero attached hydrogens (tertiary/aromatic N) is 1. The number of nitrogens with one attached hydrogen (secondary N) is 3. The molecule has 8 N–H and O–H groups in total. The molecular formula is C39H54FN5O9S. The van der Waals surface area contributed by atoms with E-state index >= 15 is 0 Å². The number of carboxylic acids is 1. The zero-order chi connectivity index (χ0) is 41.2. The summed E-state index contributed by atoms with van der Waals surface area (Å²) in [4.78, 5) is 40.0. The highest BCUT2D eigenvalue weighted by molar-refractivity contribution is 7.89. The Balaban J connectivity index is 0.00000117. The van der Waals surface area contributed by atoms with E-state index < -0.39 is 51.4 Å². The van der Waals surface area contributed by atoms with Gasteiger partial charge in [-0.3, -0.25) is 14.8 Å². The Kier molecular flexibility index (Phi) is 19.1. The van der Waals surface area contributed by atoms with Crippen LogP contribution in [0.4, 0.5) is 10.1 Å². The molecule has 3 aromatic carbocycles. The lowest BCUT2D eigenvalue weighted by Crippen LogP contribution is -2.59. The smallest absolute Gasteiger partial charge is 0.328 e. The molecule has 302 valence electrons. The summed E-state index contributed by atoms with van der Waals surface area (Å²) < 4.78 is 42.1. The van der Waals surface area contributed by atoms with Crippen molar-refractivity contribution < 1.29 is 47.5 Å². The molecule has 2 amide bonds. The third-order valence-electron chi connectivity index (χ3n) is 7.94. The van der Waals surface area contributed by atoms with Gasteiger partial charge in [-0.25, -0.2) is 22.5 Å². The summed E-state index contributed by atoms with van der Waals surface area (Å²) >= 11 is 0. The average molecular weight is 788 g/mol. The average Bonchev–Trinajstić information content (AvgIpc) is 3.10. The number of carbonyl (C=O) groups is 3. The molecule has 55 heavy (non-hydrogen) atoms. The fourth-order valence-corrected chi connectivity index (χ4v) is 6.89. The lowest BCUT2D eigenvalue weighted by Gasteiger charge is -2.34. The minimum atomic E-state index is -4.01. The molecule has 3 rings (SSSR count).